The molecule has 0 saturated heterocycles. The van der Waals surface area contributed by atoms with E-state index in [1.54, 1.807) is 6.07 Å². The number of para-hydroxylation sites is 1. The third kappa shape index (κ3) is 1.97. The summed E-state index contributed by atoms with van der Waals surface area (Å²) in [5.74, 6) is 0.568. The molecular formula is C11H11N5O2. The first kappa shape index (κ1) is 10.6. The van der Waals surface area contributed by atoms with Gasteiger partial charge in [-0.2, -0.15) is 9.97 Å². The van der Waals surface area contributed by atoms with E-state index < -0.39 is 0 Å². The zero-order chi connectivity index (χ0) is 12.4. The van der Waals surface area contributed by atoms with Crippen LogP contribution in [0.4, 0.5) is 11.7 Å². The Balaban J connectivity index is 1.69. The highest BCUT2D eigenvalue weighted by atomic mass is 16.5. The van der Waals surface area contributed by atoms with Crippen LogP contribution in [0.2, 0.25) is 0 Å². The predicted octanol–water partition coefficient (Wildman–Crippen LogP) is 1.45. The molecule has 7 nitrogen and oxygen atoms in total. The van der Waals surface area contributed by atoms with Crippen molar-refractivity contribution in [1.29, 1.82) is 0 Å². The minimum atomic E-state index is 0.433. The lowest BCUT2D eigenvalue weighted by Gasteiger charge is -1.96. The standard InChI is InChI=1S/C11H11N5O2/c12-7-2-1-3-8-10(7)16-11(17-8)13-5-4-9-14-6-15-18-9/h1-3,6H,4-5,12H2,(H,13,16). The lowest BCUT2D eigenvalue weighted by Crippen LogP contribution is -2.05. The molecule has 0 aliphatic rings. The maximum atomic E-state index is 5.79. The lowest BCUT2D eigenvalue weighted by molar-refractivity contribution is 0.379. The van der Waals surface area contributed by atoms with Gasteiger partial charge in [0.15, 0.2) is 11.9 Å². The maximum absolute atomic E-state index is 5.79. The number of rotatable bonds is 4. The van der Waals surface area contributed by atoms with E-state index >= 15 is 0 Å². The molecule has 3 N–H and O–H groups in total. The molecule has 0 radical (unpaired) electrons. The van der Waals surface area contributed by atoms with Gasteiger partial charge in [-0.1, -0.05) is 11.2 Å². The fraction of sp³-hybridized carbons (Fsp3) is 0.182. The summed E-state index contributed by atoms with van der Waals surface area (Å²) in [5, 5.41) is 6.56. The second-order valence-electron chi connectivity index (χ2n) is 3.72. The number of aromatic nitrogens is 3. The third-order valence-electron chi connectivity index (χ3n) is 2.47. The van der Waals surface area contributed by atoms with Gasteiger partial charge in [-0.25, -0.2) is 0 Å². The normalized spacial score (nSPS) is 10.9. The fourth-order valence-corrected chi connectivity index (χ4v) is 1.63. The summed E-state index contributed by atoms with van der Waals surface area (Å²) in [4.78, 5) is 8.18. The summed E-state index contributed by atoms with van der Waals surface area (Å²) in [6, 6.07) is 5.86. The van der Waals surface area contributed by atoms with E-state index in [4.69, 9.17) is 14.7 Å². The summed E-state index contributed by atoms with van der Waals surface area (Å²) in [5.41, 5.74) is 7.72. The van der Waals surface area contributed by atoms with Crippen LogP contribution in [0.15, 0.2) is 33.5 Å². The van der Waals surface area contributed by atoms with Crippen molar-refractivity contribution in [1.82, 2.24) is 15.1 Å². The number of oxazole rings is 1. The monoisotopic (exact) mass is 245 g/mol. The largest absolute Gasteiger partial charge is 0.423 e. The second-order valence-corrected chi connectivity index (χ2v) is 3.72. The number of anilines is 2. The number of nitrogens with two attached hydrogens (primary N) is 1. The molecular weight excluding hydrogens is 234 g/mol. The van der Waals surface area contributed by atoms with E-state index in [0.29, 0.717) is 41.7 Å². The molecule has 0 amide bonds. The number of benzene rings is 1. The van der Waals surface area contributed by atoms with Gasteiger partial charge in [0.2, 0.25) is 5.89 Å². The SMILES string of the molecule is Nc1cccc2oc(NCCc3ncno3)nc12. The Hall–Kier alpha value is -2.57. The molecule has 2 heterocycles. The van der Waals surface area contributed by atoms with Crippen molar-refractivity contribution in [3.63, 3.8) is 0 Å². The van der Waals surface area contributed by atoms with Crippen molar-refractivity contribution in [2.45, 2.75) is 6.42 Å². The van der Waals surface area contributed by atoms with Gasteiger partial charge in [0.05, 0.1) is 5.69 Å². The van der Waals surface area contributed by atoms with Crippen LogP contribution in [0.5, 0.6) is 0 Å². The van der Waals surface area contributed by atoms with E-state index in [9.17, 15) is 0 Å². The minimum Gasteiger partial charge on any atom is -0.423 e. The fourth-order valence-electron chi connectivity index (χ4n) is 1.63. The van der Waals surface area contributed by atoms with Gasteiger partial charge in [-0.05, 0) is 12.1 Å². The first-order chi connectivity index (χ1) is 8.83. The summed E-state index contributed by atoms with van der Waals surface area (Å²) < 4.78 is 10.4. The molecule has 2 aromatic heterocycles. The second kappa shape index (κ2) is 4.36. The first-order valence-corrected chi connectivity index (χ1v) is 5.47. The first-order valence-electron chi connectivity index (χ1n) is 5.47. The van der Waals surface area contributed by atoms with Crippen LogP contribution in [0, 0.1) is 0 Å². The highest BCUT2D eigenvalue weighted by Gasteiger charge is 2.07. The van der Waals surface area contributed by atoms with Crippen molar-refractivity contribution in [3.8, 4) is 0 Å². The summed E-state index contributed by atoms with van der Waals surface area (Å²) in [6.45, 7) is 0.592. The highest BCUT2D eigenvalue weighted by Crippen LogP contribution is 2.23. The Morgan fingerprint density at radius 1 is 1.33 bits per heavy atom. The molecule has 3 aromatic rings. The number of nitrogens with zero attached hydrogens (tertiary/aromatic N) is 3. The molecule has 92 valence electrons. The minimum absolute atomic E-state index is 0.433. The van der Waals surface area contributed by atoms with Crippen molar-refractivity contribution in [2.24, 2.45) is 0 Å². The molecule has 18 heavy (non-hydrogen) atoms. The Morgan fingerprint density at radius 2 is 2.28 bits per heavy atom. The smallest absolute Gasteiger partial charge is 0.295 e. The van der Waals surface area contributed by atoms with Crippen LogP contribution in [-0.2, 0) is 6.42 Å². The van der Waals surface area contributed by atoms with E-state index in [2.05, 4.69) is 20.4 Å². The number of fused-ring (bicyclic) bond motifs is 1. The number of hydrogen-bond donors (Lipinski definition) is 2. The lowest BCUT2D eigenvalue weighted by atomic mass is 10.3. The van der Waals surface area contributed by atoms with Crippen molar-refractivity contribution in [2.75, 3.05) is 17.6 Å². The summed E-state index contributed by atoms with van der Waals surface area (Å²) >= 11 is 0. The molecule has 0 fully saturated rings. The molecule has 0 atom stereocenters. The van der Waals surface area contributed by atoms with E-state index in [-0.39, 0.29) is 0 Å². The van der Waals surface area contributed by atoms with Gasteiger partial charge >= 0.3 is 0 Å². The Labute approximate surface area is 102 Å². The molecule has 0 unspecified atom stereocenters. The van der Waals surface area contributed by atoms with E-state index in [0.717, 1.165) is 0 Å². The van der Waals surface area contributed by atoms with Crippen molar-refractivity contribution in [3.05, 3.63) is 30.4 Å². The van der Waals surface area contributed by atoms with Crippen LogP contribution < -0.4 is 11.1 Å². The van der Waals surface area contributed by atoms with Crippen LogP contribution in [0.1, 0.15) is 5.89 Å². The van der Waals surface area contributed by atoms with Gasteiger partial charge in [0, 0.05) is 13.0 Å². The predicted molar refractivity (Wildman–Crippen MR) is 64.9 cm³/mol. The van der Waals surface area contributed by atoms with Gasteiger partial charge in [-0.3, -0.25) is 0 Å². The molecule has 0 aliphatic carbocycles. The quantitative estimate of drug-likeness (QED) is 0.670. The molecule has 7 heteroatoms. The van der Waals surface area contributed by atoms with Gasteiger partial charge in [0.1, 0.15) is 5.52 Å². The molecule has 0 saturated carbocycles. The summed E-state index contributed by atoms with van der Waals surface area (Å²) in [6.07, 6.45) is 1.98. The van der Waals surface area contributed by atoms with Gasteiger partial charge < -0.3 is 20.0 Å². The molecule has 0 aliphatic heterocycles. The van der Waals surface area contributed by atoms with Crippen molar-refractivity contribution >= 4 is 22.8 Å². The van der Waals surface area contributed by atoms with Crippen LogP contribution in [0.25, 0.3) is 11.1 Å². The highest BCUT2D eigenvalue weighted by molar-refractivity contribution is 5.86. The van der Waals surface area contributed by atoms with E-state index in [1.807, 2.05) is 12.1 Å². The maximum Gasteiger partial charge on any atom is 0.295 e. The van der Waals surface area contributed by atoms with Crippen molar-refractivity contribution < 1.29 is 8.94 Å². The average Bonchev–Trinajstić information content (AvgIpc) is 2.98. The number of hydrogen-bond acceptors (Lipinski definition) is 7. The molecule has 0 spiro atoms. The summed E-state index contributed by atoms with van der Waals surface area (Å²) in [7, 11) is 0. The molecule has 3 rings (SSSR count). The van der Waals surface area contributed by atoms with E-state index in [1.165, 1.54) is 6.33 Å². The Kier molecular flexibility index (Phi) is 2.56. The van der Waals surface area contributed by atoms with Gasteiger partial charge in [0.25, 0.3) is 6.01 Å². The topological polar surface area (TPSA) is 103 Å². The zero-order valence-corrected chi connectivity index (χ0v) is 9.46. The third-order valence-corrected chi connectivity index (χ3v) is 2.47. The molecule has 0 bridgehead atoms. The van der Waals surface area contributed by atoms with Crippen LogP contribution in [-0.4, -0.2) is 21.7 Å². The zero-order valence-electron chi connectivity index (χ0n) is 9.46. The van der Waals surface area contributed by atoms with Gasteiger partial charge in [-0.15, -0.1) is 0 Å². The number of nitrogen functional groups attached to an aromatic ring is 1. The average molecular weight is 245 g/mol. The Bertz CT molecular complexity index is 647. The Morgan fingerprint density at radius 3 is 3.06 bits per heavy atom. The van der Waals surface area contributed by atoms with Crippen LogP contribution >= 0.6 is 0 Å². The van der Waals surface area contributed by atoms with Crippen LogP contribution in [0.3, 0.4) is 0 Å². The number of nitrogens with one attached hydrogen (secondary N) is 1. The molecule has 1 aromatic carbocycles.